The lowest BCUT2D eigenvalue weighted by Crippen LogP contribution is -2.38. The largest absolute Gasteiger partial charge is 0.497 e. The van der Waals surface area contributed by atoms with Gasteiger partial charge in [0.05, 0.1) is 20.8 Å². The quantitative estimate of drug-likeness (QED) is 0.176. The van der Waals surface area contributed by atoms with Crippen molar-refractivity contribution in [3.8, 4) is 11.5 Å². The molecule has 42 heavy (non-hydrogen) atoms. The van der Waals surface area contributed by atoms with Gasteiger partial charge in [0, 0.05) is 42.6 Å². The maximum Gasteiger partial charge on any atom is 0.273 e. The first-order valence-electron chi connectivity index (χ1n) is 14.8. The molecule has 0 unspecified atom stereocenters. The molecule has 1 amide bonds. The summed E-state index contributed by atoms with van der Waals surface area (Å²) in [5.74, 6) is 2.57. The lowest BCUT2D eigenvalue weighted by molar-refractivity contribution is 0.0691. The van der Waals surface area contributed by atoms with E-state index in [1.54, 1.807) is 25.6 Å². The summed E-state index contributed by atoms with van der Waals surface area (Å²) in [5.41, 5.74) is 4.27. The van der Waals surface area contributed by atoms with E-state index >= 15 is 0 Å². The van der Waals surface area contributed by atoms with Crippen molar-refractivity contribution in [2.45, 2.75) is 45.2 Å². The van der Waals surface area contributed by atoms with E-state index in [2.05, 4.69) is 78.6 Å². The van der Waals surface area contributed by atoms with E-state index in [-0.39, 0.29) is 11.8 Å². The molecule has 0 N–H and O–H groups in total. The highest BCUT2D eigenvalue weighted by Crippen LogP contribution is 2.31. The van der Waals surface area contributed by atoms with Crippen molar-refractivity contribution in [2.24, 2.45) is 5.92 Å². The van der Waals surface area contributed by atoms with Crippen molar-refractivity contribution in [3.05, 3.63) is 112 Å². The molecule has 1 fully saturated rings. The molecule has 6 nitrogen and oxygen atoms in total. The third-order valence-corrected chi connectivity index (χ3v) is 9.06. The van der Waals surface area contributed by atoms with Gasteiger partial charge < -0.3 is 14.4 Å². The van der Waals surface area contributed by atoms with Crippen LogP contribution in [0.4, 0.5) is 0 Å². The predicted octanol–water partition coefficient (Wildman–Crippen LogP) is 7.26. The Morgan fingerprint density at radius 2 is 1.62 bits per heavy atom. The second kappa shape index (κ2) is 14.5. The van der Waals surface area contributed by atoms with Crippen LogP contribution in [0.1, 0.15) is 64.3 Å². The summed E-state index contributed by atoms with van der Waals surface area (Å²) in [5, 5.41) is 2.88. The Morgan fingerprint density at radius 3 is 2.24 bits per heavy atom. The van der Waals surface area contributed by atoms with Crippen molar-refractivity contribution in [2.75, 3.05) is 33.9 Å². The minimum absolute atomic E-state index is 0.0565. The first-order valence-corrected chi connectivity index (χ1v) is 15.7. The SMILES string of the molecule is COc1ccc(CN(CCC(c2ccccc2)c2ccccc2)Cc2nc(C(=O)N3CCC(C)CC3)cs2)c(OC)c1. The van der Waals surface area contributed by atoms with Crippen LogP contribution in [0.3, 0.4) is 0 Å². The monoisotopic (exact) mass is 583 g/mol. The number of piperidine rings is 1. The summed E-state index contributed by atoms with van der Waals surface area (Å²) in [6.45, 7) is 6.08. The minimum atomic E-state index is 0.0565. The van der Waals surface area contributed by atoms with Crippen LogP contribution in [-0.2, 0) is 13.1 Å². The van der Waals surface area contributed by atoms with Crippen LogP contribution in [0.5, 0.6) is 11.5 Å². The molecule has 0 bridgehead atoms. The zero-order valence-electron chi connectivity index (χ0n) is 24.9. The van der Waals surface area contributed by atoms with Crippen LogP contribution < -0.4 is 9.47 Å². The zero-order valence-corrected chi connectivity index (χ0v) is 25.7. The Balaban J connectivity index is 1.37. The van der Waals surface area contributed by atoms with Gasteiger partial charge in [-0.05, 0) is 48.9 Å². The Hall–Kier alpha value is -3.68. The van der Waals surface area contributed by atoms with Crippen molar-refractivity contribution >= 4 is 17.2 Å². The molecular weight excluding hydrogens is 542 g/mol. The Kier molecular flexibility index (Phi) is 10.3. The fraction of sp³-hybridized carbons (Fsp3) is 0.371. The topological polar surface area (TPSA) is 54.9 Å². The molecule has 7 heteroatoms. The fourth-order valence-corrected chi connectivity index (χ4v) is 6.50. The van der Waals surface area contributed by atoms with Gasteiger partial charge in [-0.2, -0.15) is 0 Å². The van der Waals surface area contributed by atoms with Gasteiger partial charge >= 0.3 is 0 Å². The van der Waals surface area contributed by atoms with E-state index in [1.807, 2.05) is 22.4 Å². The molecule has 0 atom stereocenters. The molecule has 5 rings (SSSR count). The fourth-order valence-electron chi connectivity index (χ4n) is 5.69. The number of hydrogen-bond acceptors (Lipinski definition) is 6. The molecule has 0 aliphatic carbocycles. The summed E-state index contributed by atoms with van der Waals surface area (Å²) in [6, 6.07) is 27.4. The van der Waals surface area contributed by atoms with E-state index in [0.29, 0.717) is 24.7 Å². The minimum Gasteiger partial charge on any atom is -0.497 e. The lowest BCUT2D eigenvalue weighted by atomic mass is 9.88. The van der Waals surface area contributed by atoms with Crippen molar-refractivity contribution in [3.63, 3.8) is 0 Å². The van der Waals surface area contributed by atoms with Crippen molar-refractivity contribution < 1.29 is 14.3 Å². The molecular formula is C35H41N3O3S. The van der Waals surface area contributed by atoms with Crippen molar-refractivity contribution in [1.82, 2.24) is 14.8 Å². The molecule has 3 aromatic carbocycles. The van der Waals surface area contributed by atoms with Crippen LogP contribution in [-0.4, -0.2) is 54.5 Å². The van der Waals surface area contributed by atoms with Gasteiger partial charge in [-0.3, -0.25) is 9.69 Å². The Labute approximate surface area is 253 Å². The number of benzene rings is 3. The molecule has 1 aliphatic heterocycles. The molecule has 1 aromatic heterocycles. The standard InChI is InChI=1S/C35H41N3O3S/c1-26-16-20-38(21-17-26)35(39)32-25-42-34(36-32)24-37(23-29-14-15-30(40-2)22-33(29)41-3)19-18-31(27-10-6-4-7-11-27)28-12-8-5-9-13-28/h4-15,22,25-26,31H,16-21,23-24H2,1-3H3. The third-order valence-electron chi connectivity index (χ3n) is 8.23. The van der Waals surface area contributed by atoms with Crippen LogP contribution in [0, 0.1) is 5.92 Å². The van der Waals surface area contributed by atoms with Gasteiger partial charge in [-0.15, -0.1) is 11.3 Å². The van der Waals surface area contributed by atoms with Gasteiger partial charge in [0.2, 0.25) is 0 Å². The van der Waals surface area contributed by atoms with Crippen LogP contribution in [0.15, 0.2) is 84.2 Å². The summed E-state index contributed by atoms with van der Waals surface area (Å²) in [7, 11) is 3.36. The normalized spacial score (nSPS) is 14.0. The number of ether oxygens (including phenoxy) is 2. The number of aromatic nitrogens is 1. The smallest absolute Gasteiger partial charge is 0.273 e. The van der Waals surface area contributed by atoms with Gasteiger partial charge in [0.15, 0.2) is 0 Å². The van der Waals surface area contributed by atoms with Crippen LogP contribution >= 0.6 is 11.3 Å². The number of thiazole rings is 1. The number of amides is 1. The van der Waals surface area contributed by atoms with Crippen molar-refractivity contribution in [1.29, 1.82) is 0 Å². The van der Waals surface area contributed by atoms with E-state index in [1.165, 1.54) is 11.1 Å². The number of likely N-dealkylation sites (tertiary alicyclic amines) is 1. The third kappa shape index (κ3) is 7.58. The summed E-state index contributed by atoms with van der Waals surface area (Å²) in [4.78, 5) is 22.4. The van der Waals surface area contributed by atoms with Gasteiger partial charge in [0.25, 0.3) is 5.91 Å². The first kappa shape index (κ1) is 29.8. The molecule has 0 spiro atoms. The van der Waals surface area contributed by atoms with Gasteiger partial charge in [-0.1, -0.05) is 73.7 Å². The van der Waals surface area contributed by atoms with Gasteiger partial charge in [-0.25, -0.2) is 4.98 Å². The summed E-state index contributed by atoms with van der Waals surface area (Å²) < 4.78 is 11.2. The molecule has 4 aromatic rings. The van der Waals surface area contributed by atoms with Gasteiger partial charge in [0.1, 0.15) is 22.2 Å². The number of rotatable bonds is 12. The molecule has 2 heterocycles. The average Bonchev–Trinajstić information content (AvgIpc) is 3.50. The number of carbonyl (C=O) groups excluding carboxylic acids is 1. The van der Waals surface area contributed by atoms with Crippen LogP contribution in [0.25, 0.3) is 0 Å². The lowest BCUT2D eigenvalue weighted by Gasteiger charge is -2.29. The maximum absolute atomic E-state index is 13.2. The van der Waals surface area contributed by atoms with Crippen LogP contribution in [0.2, 0.25) is 0 Å². The maximum atomic E-state index is 13.2. The molecule has 1 aliphatic rings. The average molecular weight is 584 g/mol. The number of nitrogens with zero attached hydrogens (tertiary/aromatic N) is 3. The van der Waals surface area contributed by atoms with E-state index in [0.717, 1.165) is 61.0 Å². The predicted molar refractivity (Wildman–Crippen MR) is 169 cm³/mol. The molecule has 0 radical (unpaired) electrons. The number of methoxy groups -OCH3 is 2. The Bertz CT molecular complexity index is 1380. The van der Waals surface area contributed by atoms with E-state index in [4.69, 9.17) is 14.5 Å². The first-order chi connectivity index (χ1) is 20.5. The highest BCUT2D eigenvalue weighted by atomic mass is 32.1. The number of hydrogen-bond donors (Lipinski definition) is 0. The van der Waals surface area contributed by atoms with E-state index < -0.39 is 0 Å². The molecule has 220 valence electrons. The summed E-state index contributed by atoms with van der Waals surface area (Å²) >= 11 is 1.57. The zero-order chi connectivity index (χ0) is 29.3. The molecule has 1 saturated heterocycles. The van der Waals surface area contributed by atoms with E-state index in [9.17, 15) is 4.79 Å². The number of carbonyl (C=O) groups is 1. The molecule has 0 saturated carbocycles. The highest BCUT2D eigenvalue weighted by Gasteiger charge is 2.24. The second-order valence-corrected chi connectivity index (χ2v) is 12.1. The second-order valence-electron chi connectivity index (χ2n) is 11.2. The highest BCUT2D eigenvalue weighted by molar-refractivity contribution is 7.09. The summed E-state index contributed by atoms with van der Waals surface area (Å²) in [6.07, 6.45) is 3.06. The Morgan fingerprint density at radius 1 is 0.952 bits per heavy atom.